The number of thiocarbonyl (C=S) groups is 1. The summed E-state index contributed by atoms with van der Waals surface area (Å²) in [5.41, 5.74) is 2.16. The largest absolute Gasteiger partial charge is 0.491 e. The van der Waals surface area contributed by atoms with Crippen molar-refractivity contribution < 1.29 is 4.74 Å². The maximum absolute atomic E-state index is 6.07. The van der Waals surface area contributed by atoms with Gasteiger partial charge in [-0.05, 0) is 90.7 Å². The quantitative estimate of drug-likeness (QED) is 0.420. The van der Waals surface area contributed by atoms with Crippen molar-refractivity contribution in [3.8, 4) is 5.75 Å². The molecular formula is C19H22BrClN2OS. The van der Waals surface area contributed by atoms with E-state index in [9.17, 15) is 0 Å². The Balaban J connectivity index is 1.69. The van der Waals surface area contributed by atoms with Crippen LogP contribution in [0, 0.1) is 0 Å². The lowest BCUT2D eigenvalue weighted by Crippen LogP contribution is -2.29. The molecule has 0 saturated heterocycles. The number of hydrogen-bond donors (Lipinski definition) is 2. The van der Waals surface area contributed by atoms with Crippen LogP contribution in [0.5, 0.6) is 5.75 Å². The predicted molar refractivity (Wildman–Crippen MR) is 114 cm³/mol. The maximum Gasteiger partial charge on any atom is 0.170 e. The molecule has 0 heterocycles. The van der Waals surface area contributed by atoms with Crippen LogP contribution in [0.2, 0.25) is 5.02 Å². The normalized spacial score (nSPS) is 10.6. The van der Waals surface area contributed by atoms with Gasteiger partial charge in [0.2, 0.25) is 0 Å². The Morgan fingerprint density at radius 2 is 1.92 bits per heavy atom. The molecule has 0 amide bonds. The lowest BCUT2D eigenvalue weighted by atomic mass is 10.1. The van der Waals surface area contributed by atoms with Gasteiger partial charge in [-0.15, -0.1) is 0 Å². The SMILES string of the molecule is CC(C)Oc1ccc(CCCNC(=S)Nc2ccc(Br)c(Cl)c2)cc1. The highest BCUT2D eigenvalue weighted by Crippen LogP contribution is 2.25. The molecule has 0 aliphatic rings. The molecule has 0 spiro atoms. The Morgan fingerprint density at radius 1 is 1.20 bits per heavy atom. The third-order valence-electron chi connectivity index (χ3n) is 3.40. The molecule has 0 aromatic heterocycles. The Hall–Kier alpha value is -1.30. The smallest absolute Gasteiger partial charge is 0.170 e. The van der Waals surface area contributed by atoms with Crippen LogP contribution in [-0.4, -0.2) is 17.8 Å². The Labute approximate surface area is 168 Å². The van der Waals surface area contributed by atoms with Gasteiger partial charge in [0, 0.05) is 16.7 Å². The van der Waals surface area contributed by atoms with Gasteiger partial charge in [-0.1, -0.05) is 23.7 Å². The van der Waals surface area contributed by atoms with E-state index in [1.165, 1.54) is 5.56 Å². The van der Waals surface area contributed by atoms with E-state index in [2.05, 4.69) is 38.7 Å². The van der Waals surface area contributed by atoms with Crippen LogP contribution >= 0.6 is 39.7 Å². The molecule has 0 aliphatic heterocycles. The number of halogens is 2. The highest BCUT2D eigenvalue weighted by atomic mass is 79.9. The summed E-state index contributed by atoms with van der Waals surface area (Å²) in [6, 6.07) is 13.9. The summed E-state index contributed by atoms with van der Waals surface area (Å²) >= 11 is 14.7. The van der Waals surface area contributed by atoms with Crippen LogP contribution in [-0.2, 0) is 6.42 Å². The first-order valence-corrected chi connectivity index (χ1v) is 9.77. The van der Waals surface area contributed by atoms with E-state index in [4.69, 9.17) is 28.6 Å². The standard InChI is InChI=1S/C19H22BrClN2OS/c1-13(2)24-16-8-5-14(6-9-16)4-3-11-22-19(25)23-15-7-10-17(20)18(21)12-15/h5-10,12-13H,3-4,11H2,1-2H3,(H2,22,23,25). The van der Waals surface area contributed by atoms with Gasteiger partial charge in [0.05, 0.1) is 11.1 Å². The van der Waals surface area contributed by atoms with Gasteiger partial charge in [-0.3, -0.25) is 0 Å². The predicted octanol–water partition coefficient (Wildman–Crippen LogP) is 5.81. The number of nitrogens with one attached hydrogen (secondary N) is 2. The van der Waals surface area contributed by atoms with E-state index >= 15 is 0 Å². The maximum atomic E-state index is 6.07. The first kappa shape index (κ1) is 20.0. The van der Waals surface area contributed by atoms with Crippen molar-refractivity contribution in [1.82, 2.24) is 5.32 Å². The number of ether oxygens (including phenoxy) is 1. The summed E-state index contributed by atoms with van der Waals surface area (Å²) < 4.78 is 6.51. The fourth-order valence-electron chi connectivity index (χ4n) is 2.25. The highest BCUT2D eigenvalue weighted by Gasteiger charge is 2.02. The second-order valence-corrected chi connectivity index (χ2v) is 7.59. The fourth-order valence-corrected chi connectivity index (χ4v) is 2.90. The lowest BCUT2D eigenvalue weighted by molar-refractivity contribution is 0.242. The molecule has 0 atom stereocenters. The third-order valence-corrected chi connectivity index (χ3v) is 4.88. The minimum Gasteiger partial charge on any atom is -0.491 e. The van der Waals surface area contributed by atoms with E-state index in [1.807, 2.05) is 44.2 Å². The zero-order valence-corrected chi connectivity index (χ0v) is 17.5. The summed E-state index contributed by atoms with van der Waals surface area (Å²) in [5.74, 6) is 0.912. The summed E-state index contributed by atoms with van der Waals surface area (Å²) in [7, 11) is 0. The molecule has 2 rings (SSSR count). The number of hydrogen-bond acceptors (Lipinski definition) is 2. The average molecular weight is 442 g/mol. The highest BCUT2D eigenvalue weighted by molar-refractivity contribution is 9.10. The molecule has 0 bridgehead atoms. The number of rotatable bonds is 7. The van der Waals surface area contributed by atoms with E-state index in [0.717, 1.165) is 35.3 Å². The van der Waals surface area contributed by atoms with Crippen LogP contribution in [0.4, 0.5) is 5.69 Å². The van der Waals surface area contributed by atoms with Gasteiger partial charge >= 0.3 is 0 Å². The third kappa shape index (κ3) is 7.22. The van der Waals surface area contributed by atoms with Crippen LogP contribution in [0.25, 0.3) is 0 Å². The van der Waals surface area contributed by atoms with Crippen molar-refractivity contribution in [2.24, 2.45) is 0 Å². The Morgan fingerprint density at radius 3 is 2.56 bits per heavy atom. The van der Waals surface area contributed by atoms with Gasteiger partial charge in [-0.25, -0.2) is 0 Å². The number of anilines is 1. The molecule has 0 aliphatic carbocycles. The molecule has 0 fully saturated rings. The van der Waals surface area contributed by atoms with Crippen molar-refractivity contribution in [2.45, 2.75) is 32.8 Å². The van der Waals surface area contributed by atoms with Gasteiger partial charge < -0.3 is 15.4 Å². The molecule has 0 saturated carbocycles. The molecule has 0 unspecified atom stereocenters. The average Bonchev–Trinajstić information content (AvgIpc) is 2.56. The minimum absolute atomic E-state index is 0.198. The van der Waals surface area contributed by atoms with Gasteiger partial charge in [0.25, 0.3) is 0 Å². The zero-order valence-electron chi connectivity index (χ0n) is 14.3. The van der Waals surface area contributed by atoms with Gasteiger partial charge in [-0.2, -0.15) is 0 Å². The zero-order chi connectivity index (χ0) is 18.2. The van der Waals surface area contributed by atoms with Crippen LogP contribution in [0.1, 0.15) is 25.8 Å². The molecule has 2 aromatic rings. The Bertz CT molecular complexity index is 707. The number of benzene rings is 2. The number of aryl methyl sites for hydroxylation is 1. The molecule has 3 nitrogen and oxygen atoms in total. The lowest BCUT2D eigenvalue weighted by Gasteiger charge is -2.12. The summed E-state index contributed by atoms with van der Waals surface area (Å²) in [6.07, 6.45) is 2.18. The second-order valence-electron chi connectivity index (χ2n) is 5.92. The molecular weight excluding hydrogens is 420 g/mol. The van der Waals surface area contributed by atoms with Crippen molar-refractivity contribution in [3.63, 3.8) is 0 Å². The molecule has 25 heavy (non-hydrogen) atoms. The van der Waals surface area contributed by atoms with Crippen molar-refractivity contribution >= 4 is 50.5 Å². The van der Waals surface area contributed by atoms with E-state index in [0.29, 0.717) is 10.1 Å². The second kappa shape index (κ2) is 10.00. The first-order chi connectivity index (χ1) is 11.9. The van der Waals surface area contributed by atoms with Crippen molar-refractivity contribution in [2.75, 3.05) is 11.9 Å². The monoisotopic (exact) mass is 440 g/mol. The van der Waals surface area contributed by atoms with E-state index in [-0.39, 0.29) is 6.10 Å². The fraction of sp³-hybridized carbons (Fsp3) is 0.316. The summed E-state index contributed by atoms with van der Waals surface area (Å²) in [5, 5.41) is 7.59. The van der Waals surface area contributed by atoms with E-state index < -0.39 is 0 Å². The summed E-state index contributed by atoms with van der Waals surface area (Å²) in [4.78, 5) is 0. The van der Waals surface area contributed by atoms with Crippen LogP contribution in [0.15, 0.2) is 46.9 Å². The molecule has 6 heteroatoms. The minimum atomic E-state index is 0.198. The summed E-state index contributed by atoms with van der Waals surface area (Å²) in [6.45, 7) is 4.86. The Kier molecular flexibility index (Phi) is 8.00. The molecule has 2 aromatic carbocycles. The van der Waals surface area contributed by atoms with Crippen LogP contribution < -0.4 is 15.4 Å². The topological polar surface area (TPSA) is 33.3 Å². The van der Waals surface area contributed by atoms with Gasteiger partial charge in [0.1, 0.15) is 5.75 Å². The van der Waals surface area contributed by atoms with Crippen molar-refractivity contribution in [3.05, 3.63) is 57.5 Å². The van der Waals surface area contributed by atoms with Crippen LogP contribution in [0.3, 0.4) is 0 Å². The van der Waals surface area contributed by atoms with E-state index in [1.54, 1.807) is 0 Å². The molecule has 134 valence electrons. The first-order valence-electron chi connectivity index (χ1n) is 8.19. The van der Waals surface area contributed by atoms with Crippen molar-refractivity contribution in [1.29, 1.82) is 0 Å². The van der Waals surface area contributed by atoms with Gasteiger partial charge in [0.15, 0.2) is 5.11 Å². The molecule has 2 N–H and O–H groups in total. The molecule has 0 radical (unpaired) electrons.